The molecule has 1 aromatic rings. The van der Waals surface area contributed by atoms with Gasteiger partial charge in [-0.25, -0.2) is 0 Å². The van der Waals surface area contributed by atoms with E-state index in [1.54, 1.807) is 0 Å². The summed E-state index contributed by atoms with van der Waals surface area (Å²) in [5.41, 5.74) is 1.24. The molecular formula is C17H24N2O2. The molecule has 0 amide bonds. The van der Waals surface area contributed by atoms with E-state index in [1.807, 2.05) is 37.3 Å². The fraction of sp³-hybridized carbons (Fsp3) is 0.588. The van der Waals surface area contributed by atoms with Crippen LogP contribution in [-0.4, -0.2) is 25.4 Å². The lowest BCUT2D eigenvalue weighted by Gasteiger charge is -2.52. The summed E-state index contributed by atoms with van der Waals surface area (Å²) in [7, 11) is 0. The van der Waals surface area contributed by atoms with Crippen LogP contribution in [0.25, 0.3) is 0 Å². The highest BCUT2D eigenvalue weighted by atomic mass is 16.5. The molecule has 0 aliphatic heterocycles. The van der Waals surface area contributed by atoms with Crippen molar-refractivity contribution >= 4 is 0 Å². The summed E-state index contributed by atoms with van der Waals surface area (Å²) < 4.78 is 11.2. The normalized spacial score (nSPS) is 23.1. The Labute approximate surface area is 127 Å². The van der Waals surface area contributed by atoms with Gasteiger partial charge in [0.25, 0.3) is 0 Å². The van der Waals surface area contributed by atoms with Crippen molar-refractivity contribution in [3.8, 4) is 11.8 Å². The first-order valence-corrected chi connectivity index (χ1v) is 7.52. The Kier molecular flexibility index (Phi) is 5.22. The van der Waals surface area contributed by atoms with Crippen molar-refractivity contribution in [3.63, 3.8) is 0 Å². The molecule has 0 spiro atoms. The second-order valence-corrected chi connectivity index (χ2v) is 5.99. The highest BCUT2D eigenvalue weighted by Gasteiger charge is 2.48. The van der Waals surface area contributed by atoms with Crippen molar-refractivity contribution in [2.24, 2.45) is 5.41 Å². The number of nitriles is 1. The quantitative estimate of drug-likeness (QED) is 0.838. The smallest absolute Gasteiger partial charge is 0.174 e. The lowest BCUT2D eigenvalue weighted by Crippen LogP contribution is -2.60. The van der Waals surface area contributed by atoms with Crippen LogP contribution in [0.4, 0.5) is 0 Å². The highest BCUT2D eigenvalue weighted by molar-refractivity contribution is 5.33. The Morgan fingerprint density at radius 2 is 2.14 bits per heavy atom. The topological polar surface area (TPSA) is 54.3 Å². The van der Waals surface area contributed by atoms with Gasteiger partial charge in [-0.1, -0.05) is 32.0 Å². The third kappa shape index (κ3) is 3.55. The number of nitrogens with one attached hydrogen (secondary N) is 1. The van der Waals surface area contributed by atoms with Crippen molar-refractivity contribution in [1.82, 2.24) is 5.32 Å². The summed E-state index contributed by atoms with van der Waals surface area (Å²) >= 11 is 0. The first-order valence-electron chi connectivity index (χ1n) is 7.52. The number of benzene rings is 1. The highest BCUT2D eigenvalue weighted by Crippen LogP contribution is 2.42. The minimum atomic E-state index is 0.0817. The Morgan fingerprint density at radius 1 is 1.38 bits per heavy atom. The van der Waals surface area contributed by atoms with Gasteiger partial charge in [-0.15, -0.1) is 0 Å². The van der Waals surface area contributed by atoms with Crippen LogP contribution in [0.15, 0.2) is 24.3 Å². The number of para-hydroxylation sites is 1. The molecule has 2 unspecified atom stereocenters. The number of rotatable bonds is 7. The van der Waals surface area contributed by atoms with Crippen molar-refractivity contribution in [2.75, 3.05) is 13.2 Å². The van der Waals surface area contributed by atoms with Crippen molar-refractivity contribution in [3.05, 3.63) is 29.8 Å². The van der Waals surface area contributed by atoms with Crippen LogP contribution >= 0.6 is 0 Å². The lowest BCUT2D eigenvalue weighted by molar-refractivity contribution is -0.114. The first-order chi connectivity index (χ1) is 10.1. The molecule has 2 rings (SSSR count). The molecule has 0 radical (unpaired) electrons. The Hall–Kier alpha value is -1.57. The van der Waals surface area contributed by atoms with Crippen LogP contribution < -0.4 is 10.1 Å². The maximum Gasteiger partial charge on any atom is 0.174 e. The number of hydrogen-bond acceptors (Lipinski definition) is 4. The molecule has 0 heterocycles. The van der Waals surface area contributed by atoms with E-state index in [0.29, 0.717) is 12.1 Å². The van der Waals surface area contributed by atoms with Crippen molar-refractivity contribution in [2.45, 2.75) is 45.9 Å². The summed E-state index contributed by atoms with van der Waals surface area (Å²) in [6.45, 7) is 8.12. The fourth-order valence-corrected chi connectivity index (χ4v) is 2.85. The largest absolute Gasteiger partial charge is 0.478 e. The molecule has 4 nitrogen and oxygen atoms in total. The minimum absolute atomic E-state index is 0.0817. The third-order valence-electron chi connectivity index (χ3n) is 4.35. The molecule has 0 saturated heterocycles. The average molecular weight is 288 g/mol. The van der Waals surface area contributed by atoms with Crippen LogP contribution in [0.3, 0.4) is 0 Å². The van der Waals surface area contributed by atoms with E-state index in [9.17, 15) is 0 Å². The third-order valence-corrected chi connectivity index (χ3v) is 4.35. The predicted octanol–water partition coefficient (Wildman–Crippen LogP) is 2.88. The Morgan fingerprint density at radius 3 is 2.81 bits per heavy atom. The molecule has 1 N–H and O–H groups in total. The monoisotopic (exact) mass is 288 g/mol. The molecule has 1 saturated carbocycles. The van der Waals surface area contributed by atoms with E-state index in [4.69, 9.17) is 14.7 Å². The fourth-order valence-electron chi connectivity index (χ4n) is 2.85. The maximum atomic E-state index is 8.63. The molecule has 1 fully saturated rings. The zero-order valence-electron chi connectivity index (χ0n) is 13.1. The van der Waals surface area contributed by atoms with E-state index in [-0.39, 0.29) is 12.0 Å². The van der Waals surface area contributed by atoms with Gasteiger partial charge in [0.05, 0.1) is 6.10 Å². The molecule has 1 aromatic carbocycles. The van der Waals surface area contributed by atoms with Crippen LogP contribution in [0.5, 0.6) is 5.75 Å². The molecule has 2 atom stereocenters. The summed E-state index contributed by atoms with van der Waals surface area (Å²) in [5.74, 6) is 0.782. The predicted molar refractivity (Wildman–Crippen MR) is 82.0 cm³/mol. The van der Waals surface area contributed by atoms with Gasteiger partial charge in [-0.2, -0.15) is 5.26 Å². The van der Waals surface area contributed by atoms with E-state index in [0.717, 1.165) is 30.9 Å². The van der Waals surface area contributed by atoms with Gasteiger partial charge in [0.1, 0.15) is 11.8 Å². The average Bonchev–Trinajstić information content (AvgIpc) is 2.49. The molecular weight excluding hydrogens is 264 g/mol. The molecule has 1 aliphatic rings. The van der Waals surface area contributed by atoms with E-state index < -0.39 is 0 Å². The minimum Gasteiger partial charge on any atom is -0.478 e. The molecule has 21 heavy (non-hydrogen) atoms. The maximum absolute atomic E-state index is 8.63. The van der Waals surface area contributed by atoms with Gasteiger partial charge in [0.2, 0.25) is 0 Å². The van der Waals surface area contributed by atoms with Gasteiger partial charge in [0, 0.05) is 30.2 Å². The van der Waals surface area contributed by atoms with Crippen LogP contribution in [0.1, 0.15) is 32.8 Å². The second kappa shape index (κ2) is 6.93. The summed E-state index contributed by atoms with van der Waals surface area (Å²) in [5, 5.41) is 12.2. The molecule has 114 valence electrons. The van der Waals surface area contributed by atoms with Gasteiger partial charge in [-0.3, -0.25) is 0 Å². The van der Waals surface area contributed by atoms with Crippen molar-refractivity contribution < 1.29 is 9.47 Å². The molecule has 0 aromatic heterocycles. The number of ether oxygens (including phenoxy) is 2. The van der Waals surface area contributed by atoms with Crippen LogP contribution in [0, 0.1) is 16.7 Å². The second-order valence-electron chi connectivity index (χ2n) is 5.99. The summed E-state index contributed by atoms with van der Waals surface area (Å²) in [4.78, 5) is 0. The summed E-state index contributed by atoms with van der Waals surface area (Å²) in [6.07, 6.45) is 1.38. The Balaban J connectivity index is 1.91. The SMILES string of the molecule is CCOC1CC(NCc2ccccc2OCC#N)C1(C)C. The van der Waals surface area contributed by atoms with E-state index in [2.05, 4.69) is 19.2 Å². The molecule has 4 heteroatoms. The van der Waals surface area contributed by atoms with Gasteiger partial charge in [0.15, 0.2) is 6.61 Å². The first kappa shape index (κ1) is 15.8. The number of hydrogen-bond donors (Lipinski definition) is 1. The molecule has 1 aliphatic carbocycles. The number of nitrogens with zero attached hydrogens (tertiary/aromatic N) is 1. The van der Waals surface area contributed by atoms with Gasteiger partial charge < -0.3 is 14.8 Å². The lowest BCUT2D eigenvalue weighted by atomic mass is 9.64. The van der Waals surface area contributed by atoms with Crippen molar-refractivity contribution in [1.29, 1.82) is 5.26 Å². The van der Waals surface area contributed by atoms with Crippen LogP contribution in [-0.2, 0) is 11.3 Å². The van der Waals surface area contributed by atoms with E-state index in [1.165, 1.54) is 0 Å². The Bertz CT molecular complexity index is 508. The summed E-state index contributed by atoms with van der Waals surface area (Å²) in [6, 6.07) is 10.3. The van der Waals surface area contributed by atoms with E-state index >= 15 is 0 Å². The van der Waals surface area contributed by atoms with Gasteiger partial charge in [-0.05, 0) is 19.4 Å². The van der Waals surface area contributed by atoms with Gasteiger partial charge >= 0.3 is 0 Å². The zero-order valence-corrected chi connectivity index (χ0v) is 13.1. The standard InChI is InChI=1S/C17H24N2O2/c1-4-20-16-11-15(17(16,2)3)19-12-13-7-5-6-8-14(13)21-10-9-18/h5-8,15-16,19H,4,10-12H2,1-3H3. The zero-order chi connectivity index (χ0) is 15.3. The molecule has 0 bridgehead atoms. The van der Waals surface area contributed by atoms with Crippen LogP contribution in [0.2, 0.25) is 0 Å².